The van der Waals surface area contributed by atoms with Crippen LogP contribution in [0.1, 0.15) is 25.0 Å². The van der Waals surface area contributed by atoms with E-state index in [-0.39, 0.29) is 0 Å². The van der Waals surface area contributed by atoms with Crippen LogP contribution in [0.3, 0.4) is 0 Å². The predicted octanol–water partition coefficient (Wildman–Crippen LogP) is 2.06. The third-order valence-corrected chi connectivity index (χ3v) is 4.58. The molecule has 16 heavy (non-hydrogen) atoms. The van der Waals surface area contributed by atoms with Crippen molar-refractivity contribution in [3.63, 3.8) is 0 Å². The lowest BCUT2D eigenvalue weighted by Crippen LogP contribution is -2.40. The SMILES string of the molecule is CSC1(CNc2cc(C)nc(N)n2)CCC1. The van der Waals surface area contributed by atoms with Gasteiger partial charge in [-0.05, 0) is 26.0 Å². The number of hydrogen-bond donors (Lipinski definition) is 2. The lowest BCUT2D eigenvalue weighted by molar-refractivity contribution is 0.379. The summed E-state index contributed by atoms with van der Waals surface area (Å²) < 4.78 is 0.410. The molecule has 1 heterocycles. The molecular formula is C11H18N4S. The van der Waals surface area contributed by atoms with Gasteiger partial charge in [-0.25, -0.2) is 4.98 Å². The Bertz CT molecular complexity index is 350. The fourth-order valence-electron chi connectivity index (χ4n) is 1.96. The molecule has 2 rings (SSSR count). The first kappa shape index (κ1) is 11.5. The first-order valence-corrected chi connectivity index (χ1v) is 6.76. The molecule has 0 aromatic carbocycles. The summed E-state index contributed by atoms with van der Waals surface area (Å²) in [5.74, 6) is 1.18. The van der Waals surface area contributed by atoms with E-state index >= 15 is 0 Å². The molecule has 0 bridgehead atoms. The van der Waals surface area contributed by atoms with Crippen LogP contribution in [0.25, 0.3) is 0 Å². The van der Waals surface area contributed by atoms with Crippen LogP contribution in [0.2, 0.25) is 0 Å². The quantitative estimate of drug-likeness (QED) is 0.840. The Morgan fingerprint density at radius 1 is 1.50 bits per heavy atom. The second-order valence-corrected chi connectivity index (χ2v) is 5.62. The number of anilines is 2. The molecule has 0 atom stereocenters. The maximum atomic E-state index is 5.61. The first-order chi connectivity index (χ1) is 7.63. The highest BCUT2D eigenvalue weighted by Gasteiger charge is 2.35. The van der Waals surface area contributed by atoms with E-state index in [1.807, 2.05) is 24.8 Å². The van der Waals surface area contributed by atoms with Crippen LogP contribution < -0.4 is 11.1 Å². The van der Waals surface area contributed by atoms with E-state index in [0.29, 0.717) is 10.7 Å². The fourth-order valence-corrected chi connectivity index (χ4v) is 2.87. The number of hydrogen-bond acceptors (Lipinski definition) is 5. The van der Waals surface area contributed by atoms with Crippen molar-refractivity contribution in [2.24, 2.45) is 0 Å². The third kappa shape index (κ3) is 2.40. The molecule has 0 radical (unpaired) electrons. The van der Waals surface area contributed by atoms with E-state index in [2.05, 4.69) is 21.5 Å². The standard InChI is InChI=1S/C11H18N4S/c1-8-6-9(15-10(12)14-8)13-7-11(16-2)4-3-5-11/h6H,3-5,7H2,1-2H3,(H3,12,13,14,15). The lowest BCUT2D eigenvalue weighted by atomic mass is 9.84. The maximum absolute atomic E-state index is 5.61. The molecule has 0 amide bonds. The third-order valence-electron chi connectivity index (χ3n) is 3.16. The van der Waals surface area contributed by atoms with Crippen molar-refractivity contribution < 1.29 is 0 Å². The minimum Gasteiger partial charge on any atom is -0.369 e. The normalized spacial score (nSPS) is 17.9. The van der Waals surface area contributed by atoms with Crippen molar-refractivity contribution in [1.82, 2.24) is 9.97 Å². The number of thioether (sulfide) groups is 1. The zero-order valence-electron chi connectivity index (χ0n) is 9.79. The fraction of sp³-hybridized carbons (Fsp3) is 0.636. The van der Waals surface area contributed by atoms with Gasteiger partial charge >= 0.3 is 0 Å². The number of rotatable bonds is 4. The summed E-state index contributed by atoms with van der Waals surface area (Å²) in [7, 11) is 0. The average molecular weight is 238 g/mol. The topological polar surface area (TPSA) is 63.8 Å². The van der Waals surface area contributed by atoms with Crippen LogP contribution in [0.15, 0.2) is 6.07 Å². The highest BCUT2D eigenvalue weighted by atomic mass is 32.2. The van der Waals surface area contributed by atoms with Crippen molar-refractivity contribution in [3.05, 3.63) is 11.8 Å². The van der Waals surface area contributed by atoms with Crippen molar-refractivity contribution in [1.29, 1.82) is 0 Å². The smallest absolute Gasteiger partial charge is 0.222 e. The van der Waals surface area contributed by atoms with Gasteiger partial charge in [-0.15, -0.1) is 0 Å². The molecule has 1 fully saturated rings. The minimum atomic E-state index is 0.342. The number of nitrogens with zero attached hydrogens (tertiary/aromatic N) is 2. The Balaban J connectivity index is 1.98. The Kier molecular flexibility index (Phi) is 3.23. The number of aryl methyl sites for hydroxylation is 1. The Hall–Kier alpha value is -0.970. The number of aromatic nitrogens is 2. The Morgan fingerprint density at radius 2 is 2.25 bits per heavy atom. The molecular weight excluding hydrogens is 220 g/mol. The molecule has 1 aromatic heterocycles. The first-order valence-electron chi connectivity index (χ1n) is 5.54. The van der Waals surface area contributed by atoms with Gasteiger partial charge in [0.05, 0.1) is 0 Å². The molecule has 4 nitrogen and oxygen atoms in total. The van der Waals surface area contributed by atoms with Gasteiger partial charge in [0.25, 0.3) is 0 Å². The van der Waals surface area contributed by atoms with Crippen LogP contribution in [0, 0.1) is 6.92 Å². The molecule has 5 heteroatoms. The molecule has 1 saturated carbocycles. The molecule has 88 valence electrons. The predicted molar refractivity (Wildman–Crippen MR) is 69.8 cm³/mol. The zero-order chi connectivity index (χ0) is 11.6. The molecule has 0 spiro atoms. The van der Waals surface area contributed by atoms with Crippen LogP contribution in [-0.2, 0) is 0 Å². The lowest BCUT2D eigenvalue weighted by Gasteiger charge is -2.40. The molecule has 0 unspecified atom stereocenters. The van der Waals surface area contributed by atoms with Crippen LogP contribution in [0.5, 0.6) is 0 Å². The zero-order valence-corrected chi connectivity index (χ0v) is 10.6. The van der Waals surface area contributed by atoms with Gasteiger partial charge in [0.15, 0.2) is 0 Å². The second kappa shape index (κ2) is 4.49. The van der Waals surface area contributed by atoms with Gasteiger partial charge in [0.1, 0.15) is 5.82 Å². The number of nitrogen functional groups attached to an aromatic ring is 1. The average Bonchev–Trinajstić information content (AvgIpc) is 2.15. The van der Waals surface area contributed by atoms with Gasteiger partial charge in [0, 0.05) is 23.1 Å². The van der Waals surface area contributed by atoms with Crippen LogP contribution >= 0.6 is 11.8 Å². The highest BCUT2D eigenvalue weighted by molar-refractivity contribution is 8.00. The van der Waals surface area contributed by atoms with Crippen molar-refractivity contribution in [2.45, 2.75) is 30.9 Å². The summed E-state index contributed by atoms with van der Waals surface area (Å²) in [6.45, 7) is 2.89. The van der Waals surface area contributed by atoms with Crippen molar-refractivity contribution >= 4 is 23.5 Å². The molecule has 1 aliphatic carbocycles. The summed E-state index contributed by atoms with van der Waals surface area (Å²) in [5.41, 5.74) is 6.51. The largest absolute Gasteiger partial charge is 0.369 e. The minimum absolute atomic E-state index is 0.342. The monoisotopic (exact) mass is 238 g/mol. The van der Waals surface area contributed by atoms with E-state index in [1.165, 1.54) is 19.3 Å². The molecule has 1 aromatic rings. The van der Waals surface area contributed by atoms with E-state index in [9.17, 15) is 0 Å². The Morgan fingerprint density at radius 3 is 2.75 bits per heavy atom. The highest BCUT2D eigenvalue weighted by Crippen LogP contribution is 2.42. The maximum Gasteiger partial charge on any atom is 0.222 e. The summed E-state index contributed by atoms with van der Waals surface area (Å²) in [4.78, 5) is 8.23. The summed E-state index contributed by atoms with van der Waals surface area (Å²) in [5, 5.41) is 3.37. The summed E-state index contributed by atoms with van der Waals surface area (Å²) in [6.07, 6.45) is 6.11. The van der Waals surface area contributed by atoms with Crippen molar-refractivity contribution in [2.75, 3.05) is 23.9 Å². The van der Waals surface area contributed by atoms with E-state index in [1.54, 1.807) is 0 Å². The van der Waals surface area contributed by atoms with E-state index in [4.69, 9.17) is 5.73 Å². The number of nitrogens with one attached hydrogen (secondary N) is 1. The van der Waals surface area contributed by atoms with Gasteiger partial charge in [0.2, 0.25) is 5.95 Å². The van der Waals surface area contributed by atoms with Crippen LogP contribution in [-0.4, -0.2) is 27.5 Å². The molecule has 0 aliphatic heterocycles. The van der Waals surface area contributed by atoms with Crippen molar-refractivity contribution in [3.8, 4) is 0 Å². The molecule has 3 N–H and O–H groups in total. The van der Waals surface area contributed by atoms with Gasteiger partial charge in [-0.2, -0.15) is 16.7 Å². The van der Waals surface area contributed by atoms with Gasteiger partial charge in [-0.1, -0.05) is 6.42 Å². The molecule has 1 aliphatic rings. The molecule has 0 saturated heterocycles. The van der Waals surface area contributed by atoms with E-state index < -0.39 is 0 Å². The number of nitrogens with two attached hydrogens (primary N) is 1. The summed E-state index contributed by atoms with van der Waals surface area (Å²) in [6, 6.07) is 1.93. The second-order valence-electron chi connectivity index (χ2n) is 4.35. The van der Waals surface area contributed by atoms with E-state index in [0.717, 1.165) is 18.1 Å². The Labute approximate surface area is 100 Å². The summed E-state index contributed by atoms with van der Waals surface area (Å²) >= 11 is 1.95. The van der Waals surface area contributed by atoms with Gasteiger partial charge < -0.3 is 11.1 Å². The van der Waals surface area contributed by atoms with Gasteiger partial charge in [-0.3, -0.25) is 0 Å². The van der Waals surface area contributed by atoms with Crippen LogP contribution in [0.4, 0.5) is 11.8 Å².